The zero-order valence-corrected chi connectivity index (χ0v) is 7.93. The minimum Gasteiger partial charge on any atom is -0.367 e. The lowest BCUT2D eigenvalue weighted by atomic mass is 10.3. The molecule has 4 heteroatoms. The van der Waals surface area contributed by atoms with Gasteiger partial charge >= 0.3 is 0 Å². The Morgan fingerprint density at radius 1 is 1.57 bits per heavy atom. The summed E-state index contributed by atoms with van der Waals surface area (Å²) in [6, 6.07) is 0.839. The number of nitrogens with zero attached hydrogens (tertiary/aromatic N) is 1. The Hall–Kier alpha value is -1.19. The maximum absolute atomic E-state index is 13.1. The van der Waals surface area contributed by atoms with Gasteiger partial charge in [-0.2, -0.15) is 0 Å². The molecule has 2 unspecified atom stereocenters. The summed E-state index contributed by atoms with van der Waals surface area (Å²) in [5.74, 6) is 0.198. The molecule has 0 aliphatic heterocycles. The Balaban J connectivity index is 1.95. The van der Waals surface area contributed by atoms with E-state index in [9.17, 15) is 8.78 Å². The first-order valence-corrected chi connectivity index (χ1v) is 4.71. The van der Waals surface area contributed by atoms with Gasteiger partial charge in [-0.1, -0.05) is 6.92 Å². The fraction of sp³-hybridized carbons (Fsp3) is 0.500. The maximum atomic E-state index is 13.1. The van der Waals surface area contributed by atoms with Crippen molar-refractivity contribution in [3.05, 3.63) is 23.9 Å². The van der Waals surface area contributed by atoms with Crippen molar-refractivity contribution in [2.75, 3.05) is 11.9 Å². The first-order chi connectivity index (χ1) is 6.66. The summed E-state index contributed by atoms with van der Waals surface area (Å²) in [6.45, 7) is 2.87. The molecule has 0 spiro atoms. The van der Waals surface area contributed by atoms with Crippen molar-refractivity contribution in [3.8, 4) is 0 Å². The summed E-state index contributed by atoms with van der Waals surface area (Å²) in [5.41, 5.74) is 0. The smallest absolute Gasteiger partial charge is 0.168 e. The van der Waals surface area contributed by atoms with Gasteiger partial charge in [-0.3, -0.25) is 0 Å². The van der Waals surface area contributed by atoms with E-state index in [0.717, 1.165) is 18.8 Å². The Morgan fingerprint density at radius 3 is 2.86 bits per heavy atom. The molecule has 0 bridgehead atoms. The van der Waals surface area contributed by atoms with E-state index < -0.39 is 11.6 Å². The molecule has 1 aliphatic rings. The quantitative estimate of drug-likeness (QED) is 0.806. The van der Waals surface area contributed by atoms with Gasteiger partial charge in [-0.25, -0.2) is 13.8 Å². The molecular weight excluding hydrogens is 186 g/mol. The van der Waals surface area contributed by atoms with Crippen LogP contribution in [0.3, 0.4) is 0 Å². The number of rotatable bonds is 3. The Bertz CT molecular complexity index is 341. The second-order valence-corrected chi connectivity index (χ2v) is 3.84. The van der Waals surface area contributed by atoms with Crippen molar-refractivity contribution in [2.45, 2.75) is 13.3 Å². The van der Waals surface area contributed by atoms with Crippen molar-refractivity contribution >= 4 is 5.82 Å². The first-order valence-electron chi connectivity index (χ1n) is 4.71. The van der Waals surface area contributed by atoms with Gasteiger partial charge in [0.05, 0.1) is 6.20 Å². The standard InChI is InChI=1S/C10H12F2N2/c1-6-2-7(6)4-13-10-9(12)3-8(11)5-14-10/h3,5-7H,2,4H2,1H3,(H,13,14). The topological polar surface area (TPSA) is 24.9 Å². The molecule has 0 aromatic carbocycles. The third-order valence-corrected chi connectivity index (χ3v) is 2.62. The maximum Gasteiger partial charge on any atom is 0.168 e. The van der Waals surface area contributed by atoms with Crippen molar-refractivity contribution in [1.29, 1.82) is 0 Å². The number of nitrogens with one attached hydrogen (secondary N) is 1. The molecular formula is C10H12F2N2. The number of anilines is 1. The average molecular weight is 198 g/mol. The highest BCUT2D eigenvalue weighted by Crippen LogP contribution is 2.37. The van der Waals surface area contributed by atoms with Crippen LogP contribution in [-0.4, -0.2) is 11.5 Å². The van der Waals surface area contributed by atoms with Crippen LogP contribution in [0.4, 0.5) is 14.6 Å². The lowest BCUT2D eigenvalue weighted by Gasteiger charge is -2.05. The minimum atomic E-state index is -0.646. The summed E-state index contributed by atoms with van der Waals surface area (Å²) in [7, 11) is 0. The van der Waals surface area contributed by atoms with E-state index in [1.54, 1.807) is 0 Å². The van der Waals surface area contributed by atoms with Gasteiger partial charge < -0.3 is 5.32 Å². The minimum absolute atomic E-state index is 0.144. The molecule has 2 nitrogen and oxygen atoms in total. The summed E-state index contributed by atoms with van der Waals surface area (Å²) in [5, 5.41) is 2.88. The fourth-order valence-corrected chi connectivity index (χ4v) is 1.46. The van der Waals surface area contributed by atoms with Gasteiger partial charge in [0.1, 0.15) is 5.82 Å². The van der Waals surface area contributed by atoms with Crippen molar-refractivity contribution in [2.24, 2.45) is 11.8 Å². The predicted octanol–water partition coefficient (Wildman–Crippen LogP) is 2.43. The largest absolute Gasteiger partial charge is 0.367 e. The highest BCUT2D eigenvalue weighted by atomic mass is 19.1. The van der Waals surface area contributed by atoms with Crippen LogP contribution in [0.2, 0.25) is 0 Å². The average Bonchev–Trinajstić information content (AvgIpc) is 2.80. The summed E-state index contributed by atoms with van der Waals surface area (Å²) >= 11 is 0. The Morgan fingerprint density at radius 2 is 2.29 bits per heavy atom. The van der Waals surface area contributed by atoms with Crippen LogP contribution >= 0.6 is 0 Å². The predicted molar refractivity (Wildman–Crippen MR) is 49.9 cm³/mol. The number of aromatic nitrogens is 1. The molecule has 1 saturated carbocycles. The molecule has 1 aliphatic carbocycles. The SMILES string of the molecule is CC1CC1CNc1ncc(F)cc1F. The van der Waals surface area contributed by atoms with E-state index in [4.69, 9.17) is 0 Å². The Labute approximate surface area is 81.4 Å². The summed E-state index contributed by atoms with van der Waals surface area (Å²) in [4.78, 5) is 3.64. The lowest BCUT2D eigenvalue weighted by molar-refractivity contribution is 0.574. The van der Waals surface area contributed by atoms with Gasteiger partial charge in [0.15, 0.2) is 11.6 Å². The molecule has 1 aromatic rings. The molecule has 0 amide bonds. The summed E-state index contributed by atoms with van der Waals surface area (Å²) < 4.78 is 25.5. The van der Waals surface area contributed by atoms with E-state index >= 15 is 0 Å². The molecule has 1 fully saturated rings. The van der Waals surface area contributed by atoms with Crippen LogP contribution < -0.4 is 5.32 Å². The van der Waals surface area contributed by atoms with E-state index in [1.165, 1.54) is 6.42 Å². The third kappa shape index (κ3) is 2.00. The van der Waals surface area contributed by atoms with Crippen LogP contribution in [0.1, 0.15) is 13.3 Å². The van der Waals surface area contributed by atoms with Gasteiger partial charge in [0.25, 0.3) is 0 Å². The molecule has 0 radical (unpaired) electrons. The third-order valence-electron chi connectivity index (χ3n) is 2.62. The Kier molecular flexibility index (Phi) is 2.35. The van der Waals surface area contributed by atoms with E-state index in [0.29, 0.717) is 11.8 Å². The van der Waals surface area contributed by atoms with Gasteiger partial charge in [-0.05, 0) is 18.3 Å². The van der Waals surface area contributed by atoms with Gasteiger partial charge in [0.2, 0.25) is 0 Å². The molecule has 2 atom stereocenters. The number of hydrogen-bond acceptors (Lipinski definition) is 2. The van der Waals surface area contributed by atoms with E-state index in [2.05, 4.69) is 17.2 Å². The molecule has 0 saturated heterocycles. The highest BCUT2D eigenvalue weighted by molar-refractivity contribution is 5.36. The molecule has 14 heavy (non-hydrogen) atoms. The van der Waals surface area contributed by atoms with Crippen molar-refractivity contribution < 1.29 is 8.78 Å². The van der Waals surface area contributed by atoms with Gasteiger partial charge in [0, 0.05) is 12.6 Å². The number of hydrogen-bond donors (Lipinski definition) is 1. The van der Waals surface area contributed by atoms with E-state index in [1.807, 2.05) is 0 Å². The number of halogens is 2. The number of pyridine rings is 1. The molecule has 76 valence electrons. The van der Waals surface area contributed by atoms with Crippen LogP contribution in [0.25, 0.3) is 0 Å². The van der Waals surface area contributed by atoms with Crippen molar-refractivity contribution in [3.63, 3.8) is 0 Å². The van der Waals surface area contributed by atoms with Gasteiger partial charge in [-0.15, -0.1) is 0 Å². The second kappa shape index (κ2) is 3.52. The molecule has 2 rings (SSSR count). The monoisotopic (exact) mass is 198 g/mol. The normalized spacial score (nSPS) is 24.8. The first kappa shape index (κ1) is 9.37. The molecule has 1 aromatic heterocycles. The zero-order valence-electron chi connectivity index (χ0n) is 7.93. The second-order valence-electron chi connectivity index (χ2n) is 3.84. The van der Waals surface area contributed by atoms with E-state index in [-0.39, 0.29) is 5.82 Å². The summed E-state index contributed by atoms with van der Waals surface area (Å²) in [6.07, 6.45) is 2.19. The van der Waals surface area contributed by atoms with Crippen LogP contribution in [-0.2, 0) is 0 Å². The lowest BCUT2D eigenvalue weighted by Crippen LogP contribution is -2.07. The van der Waals surface area contributed by atoms with Crippen LogP contribution in [0, 0.1) is 23.5 Å². The molecule has 1 N–H and O–H groups in total. The van der Waals surface area contributed by atoms with Crippen LogP contribution in [0.15, 0.2) is 12.3 Å². The van der Waals surface area contributed by atoms with Crippen molar-refractivity contribution in [1.82, 2.24) is 4.98 Å². The zero-order chi connectivity index (χ0) is 10.1. The van der Waals surface area contributed by atoms with Crippen LogP contribution in [0.5, 0.6) is 0 Å². The highest BCUT2D eigenvalue weighted by Gasteiger charge is 2.32. The molecule has 1 heterocycles. The fourth-order valence-electron chi connectivity index (χ4n) is 1.46.